The summed E-state index contributed by atoms with van der Waals surface area (Å²) in [5, 5.41) is 27.0. The van der Waals surface area contributed by atoms with E-state index in [1.54, 1.807) is 36.4 Å². The Kier molecular flexibility index (Phi) is 5.96. The van der Waals surface area contributed by atoms with Gasteiger partial charge < -0.3 is 19.7 Å². The quantitative estimate of drug-likeness (QED) is 0.580. The van der Waals surface area contributed by atoms with Gasteiger partial charge in [0.05, 0.1) is 24.3 Å². The molecule has 0 amide bonds. The lowest BCUT2D eigenvalue weighted by Gasteiger charge is -2.10. The Labute approximate surface area is 149 Å². The number of hydrogen-bond donors (Lipinski definition) is 2. The molecule has 2 aromatic carbocycles. The monoisotopic (exact) mass is 353 g/mol. The Bertz CT molecular complexity index is 893. The number of aliphatic carboxylic acids is 1. The number of hydrogen-bond acceptors (Lipinski definition) is 5. The van der Waals surface area contributed by atoms with Crippen molar-refractivity contribution in [3.05, 3.63) is 59.2 Å². The van der Waals surface area contributed by atoms with Crippen LogP contribution in [0.25, 0.3) is 11.6 Å². The summed E-state index contributed by atoms with van der Waals surface area (Å²) in [4.78, 5) is 21.5. The Morgan fingerprint density at radius 2 is 1.73 bits per heavy atom. The number of aromatic carboxylic acids is 1. The third kappa shape index (κ3) is 4.61. The van der Waals surface area contributed by atoms with Crippen molar-refractivity contribution in [3.8, 4) is 17.6 Å². The molecule has 0 saturated carbocycles. The molecule has 0 aliphatic carbocycles. The molecule has 0 spiro atoms. The van der Waals surface area contributed by atoms with Gasteiger partial charge in [-0.2, -0.15) is 5.26 Å². The smallest absolute Gasteiger partial charge is 0.341 e. The van der Waals surface area contributed by atoms with Crippen LogP contribution in [0.15, 0.2) is 42.5 Å². The fraction of sp³-hybridized carbons (Fsp3) is 0.105. The molecular weight excluding hydrogens is 338 g/mol. The zero-order chi connectivity index (χ0) is 19.1. The van der Waals surface area contributed by atoms with Crippen molar-refractivity contribution in [2.45, 2.75) is 0 Å². The van der Waals surface area contributed by atoms with Crippen LogP contribution in [0, 0.1) is 11.3 Å². The average Bonchev–Trinajstić information content (AvgIpc) is 2.64. The van der Waals surface area contributed by atoms with E-state index < -0.39 is 18.5 Å². The number of nitrogens with zero attached hydrogens (tertiary/aromatic N) is 1. The zero-order valence-corrected chi connectivity index (χ0v) is 13.8. The van der Waals surface area contributed by atoms with Gasteiger partial charge in [0.2, 0.25) is 0 Å². The highest BCUT2D eigenvalue weighted by molar-refractivity contribution is 5.92. The van der Waals surface area contributed by atoms with E-state index in [9.17, 15) is 14.9 Å². The molecule has 7 heteroatoms. The lowest BCUT2D eigenvalue weighted by molar-refractivity contribution is -0.139. The normalized spacial score (nSPS) is 10.7. The van der Waals surface area contributed by atoms with Crippen LogP contribution in [0.2, 0.25) is 0 Å². The molecule has 0 aromatic heterocycles. The predicted molar refractivity (Wildman–Crippen MR) is 93.0 cm³/mol. The first-order valence-corrected chi connectivity index (χ1v) is 7.42. The van der Waals surface area contributed by atoms with E-state index in [2.05, 4.69) is 6.07 Å². The van der Waals surface area contributed by atoms with Gasteiger partial charge in [0.1, 0.15) is 0 Å². The molecule has 0 unspecified atom stereocenters. The Balaban J connectivity index is 2.32. The minimum atomic E-state index is -1.10. The Hall–Kier alpha value is -3.79. The molecule has 2 rings (SSSR count). The van der Waals surface area contributed by atoms with Crippen molar-refractivity contribution in [1.29, 1.82) is 5.26 Å². The standard InChI is InChI=1S/C19H15NO6/c1-25-17-9-12(2-7-16(17)26-11-18(21)22)8-15(10-20)13-3-5-14(6-4-13)19(23)24/h2-9H,11H2,1H3,(H,21,22)(H,23,24)/b15-8-. The van der Waals surface area contributed by atoms with Gasteiger partial charge in [-0.15, -0.1) is 0 Å². The lowest BCUT2D eigenvalue weighted by Crippen LogP contribution is -2.10. The molecule has 2 aromatic rings. The molecular formula is C19H15NO6. The van der Waals surface area contributed by atoms with E-state index in [-0.39, 0.29) is 11.3 Å². The molecule has 0 bridgehead atoms. The number of methoxy groups -OCH3 is 1. The van der Waals surface area contributed by atoms with Gasteiger partial charge in [-0.05, 0) is 41.5 Å². The van der Waals surface area contributed by atoms with Gasteiger partial charge in [0.15, 0.2) is 18.1 Å². The van der Waals surface area contributed by atoms with E-state index in [4.69, 9.17) is 19.7 Å². The second kappa shape index (κ2) is 8.35. The molecule has 0 aliphatic rings. The largest absolute Gasteiger partial charge is 0.493 e. The van der Waals surface area contributed by atoms with Gasteiger partial charge in [-0.3, -0.25) is 0 Å². The highest BCUT2D eigenvalue weighted by Crippen LogP contribution is 2.30. The van der Waals surface area contributed by atoms with Crippen molar-refractivity contribution >= 4 is 23.6 Å². The minimum absolute atomic E-state index is 0.132. The maximum absolute atomic E-state index is 10.9. The number of allylic oxidation sites excluding steroid dienone is 1. The molecule has 26 heavy (non-hydrogen) atoms. The fourth-order valence-electron chi connectivity index (χ4n) is 2.17. The SMILES string of the molecule is COc1cc(/C=C(/C#N)c2ccc(C(=O)O)cc2)ccc1OCC(=O)O. The van der Waals surface area contributed by atoms with Crippen molar-refractivity contribution < 1.29 is 29.3 Å². The molecule has 0 atom stereocenters. The molecule has 0 heterocycles. The van der Waals surface area contributed by atoms with Crippen LogP contribution in [0.5, 0.6) is 11.5 Å². The van der Waals surface area contributed by atoms with Gasteiger partial charge >= 0.3 is 11.9 Å². The number of carboxylic acids is 2. The van der Waals surface area contributed by atoms with Crippen LogP contribution in [0.4, 0.5) is 0 Å². The maximum Gasteiger partial charge on any atom is 0.341 e. The second-order valence-electron chi connectivity index (χ2n) is 5.15. The van der Waals surface area contributed by atoms with Crippen LogP contribution in [0.3, 0.4) is 0 Å². The molecule has 0 aliphatic heterocycles. The van der Waals surface area contributed by atoms with Crippen LogP contribution in [-0.2, 0) is 4.79 Å². The van der Waals surface area contributed by atoms with Gasteiger partial charge in [0.25, 0.3) is 0 Å². The average molecular weight is 353 g/mol. The van der Waals surface area contributed by atoms with Crippen LogP contribution >= 0.6 is 0 Å². The number of ether oxygens (including phenoxy) is 2. The number of benzene rings is 2. The highest BCUT2D eigenvalue weighted by Gasteiger charge is 2.09. The molecule has 2 N–H and O–H groups in total. The second-order valence-corrected chi connectivity index (χ2v) is 5.15. The first-order valence-electron chi connectivity index (χ1n) is 7.42. The summed E-state index contributed by atoms with van der Waals surface area (Å²) in [7, 11) is 1.42. The summed E-state index contributed by atoms with van der Waals surface area (Å²) >= 11 is 0. The van der Waals surface area contributed by atoms with Gasteiger partial charge in [0, 0.05) is 0 Å². The van der Waals surface area contributed by atoms with Gasteiger partial charge in [-0.25, -0.2) is 9.59 Å². The van der Waals surface area contributed by atoms with E-state index in [1.165, 1.54) is 19.2 Å². The Morgan fingerprint density at radius 1 is 1.08 bits per heavy atom. The van der Waals surface area contributed by atoms with Crippen LogP contribution in [-0.4, -0.2) is 35.9 Å². The minimum Gasteiger partial charge on any atom is -0.493 e. The number of nitriles is 1. The summed E-state index contributed by atoms with van der Waals surface area (Å²) in [5.74, 6) is -1.54. The van der Waals surface area contributed by atoms with E-state index >= 15 is 0 Å². The summed E-state index contributed by atoms with van der Waals surface area (Å²) in [6.45, 7) is -0.495. The van der Waals surface area contributed by atoms with Gasteiger partial charge in [-0.1, -0.05) is 18.2 Å². The number of rotatable bonds is 7. The van der Waals surface area contributed by atoms with Crippen LogP contribution < -0.4 is 9.47 Å². The zero-order valence-electron chi connectivity index (χ0n) is 13.8. The molecule has 0 radical (unpaired) electrons. The Morgan fingerprint density at radius 3 is 2.27 bits per heavy atom. The van der Waals surface area contributed by atoms with E-state index in [1.807, 2.05) is 0 Å². The molecule has 0 fully saturated rings. The van der Waals surface area contributed by atoms with E-state index in [0.29, 0.717) is 22.4 Å². The van der Waals surface area contributed by atoms with Crippen molar-refractivity contribution in [2.75, 3.05) is 13.7 Å². The summed E-state index contributed by atoms with van der Waals surface area (Å²) < 4.78 is 10.3. The third-order valence-corrected chi connectivity index (χ3v) is 3.41. The molecule has 132 valence electrons. The summed E-state index contributed by atoms with van der Waals surface area (Å²) in [5.41, 5.74) is 1.68. The van der Waals surface area contributed by atoms with Crippen molar-refractivity contribution in [2.24, 2.45) is 0 Å². The van der Waals surface area contributed by atoms with Crippen molar-refractivity contribution in [3.63, 3.8) is 0 Å². The fourth-order valence-corrected chi connectivity index (χ4v) is 2.17. The molecule has 7 nitrogen and oxygen atoms in total. The summed E-state index contributed by atoms with van der Waals surface area (Å²) in [6, 6.07) is 12.8. The maximum atomic E-state index is 10.9. The van der Waals surface area contributed by atoms with Crippen molar-refractivity contribution in [1.82, 2.24) is 0 Å². The summed E-state index contributed by atoms with van der Waals surface area (Å²) in [6.07, 6.45) is 1.61. The molecule has 0 saturated heterocycles. The number of carbonyl (C=O) groups is 2. The lowest BCUT2D eigenvalue weighted by atomic mass is 10.0. The third-order valence-electron chi connectivity index (χ3n) is 3.41. The first kappa shape index (κ1) is 18.5. The van der Waals surface area contributed by atoms with Crippen LogP contribution in [0.1, 0.15) is 21.5 Å². The topological polar surface area (TPSA) is 117 Å². The predicted octanol–water partition coefficient (Wildman–Crippen LogP) is 2.92. The first-order chi connectivity index (χ1) is 12.4. The highest BCUT2D eigenvalue weighted by atomic mass is 16.5. The number of carboxylic acid groups (broad SMARTS) is 2. The van der Waals surface area contributed by atoms with E-state index in [0.717, 1.165) is 0 Å².